The molecule has 0 atom stereocenters. The van der Waals surface area contributed by atoms with Crippen LogP contribution in [-0.4, -0.2) is 24.0 Å². The molecule has 0 amide bonds. The molecule has 1 N–H and O–H groups in total. The summed E-state index contributed by atoms with van der Waals surface area (Å²) in [5.74, 6) is -2.40. The Hall–Kier alpha value is -1.94. The van der Waals surface area contributed by atoms with Crippen LogP contribution in [0.3, 0.4) is 0 Å². The van der Waals surface area contributed by atoms with Crippen LogP contribution >= 0.6 is 0 Å². The molecule has 0 heterocycles. The van der Waals surface area contributed by atoms with Crippen molar-refractivity contribution in [3.8, 4) is 0 Å². The van der Waals surface area contributed by atoms with E-state index in [0.29, 0.717) is 6.61 Å². The van der Waals surface area contributed by atoms with Crippen LogP contribution < -0.4 is 0 Å². The van der Waals surface area contributed by atoms with Gasteiger partial charge in [-0.1, -0.05) is 30.3 Å². The van der Waals surface area contributed by atoms with Gasteiger partial charge in [-0.25, -0.2) is 4.79 Å². The summed E-state index contributed by atoms with van der Waals surface area (Å²) in [5.41, 5.74) is 1.68. The molecule has 1 aromatic rings. The summed E-state index contributed by atoms with van der Waals surface area (Å²) in [7, 11) is 1.57. The van der Waals surface area contributed by atoms with Gasteiger partial charge in [0.05, 0.1) is 6.61 Å². The average Bonchev–Trinajstić information content (AvgIpc) is 2.27. The van der Waals surface area contributed by atoms with Crippen molar-refractivity contribution in [2.75, 3.05) is 7.11 Å². The van der Waals surface area contributed by atoms with E-state index < -0.39 is 11.8 Å². The molecule has 16 heavy (non-hydrogen) atoms. The average molecular weight is 220 g/mol. The summed E-state index contributed by atoms with van der Waals surface area (Å²) in [6.07, 6.45) is 2.52. The minimum absolute atomic E-state index is 0.418. The molecule has 0 spiro atoms. The van der Waals surface area contributed by atoms with E-state index in [0.717, 1.165) is 17.2 Å². The summed E-state index contributed by atoms with van der Waals surface area (Å²) in [5, 5.41) is 8.41. The zero-order valence-corrected chi connectivity index (χ0v) is 8.84. The number of benzene rings is 1. The summed E-state index contributed by atoms with van der Waals surface area (Å²) >= 11 is 0. The lowest BCUT2D eigenvalue weighted by Crippen LogP contribution is -2.08. The van der Waals surface area contributed by atoms with Crippen molar-refractivity contribution < 1.29 is 19.4 Å². The number of methoxy groups -OCH3 is 1. The largest absolute Gasteiger partial charge is 0.475 e. The van der Waals surface area contributed by atoms with Gasteiger partial charge in [-0.15, -0.1) is 0 Å². The monoisotopic (exact) mass is 220 g/mol. The molecule has 0 aliphatic rings. The molecule has 0 radical (unpaired) electrons. The maximum absolute atomic E-state index is 10.9. The fourth-order valence-corrected chi connectivity index (χ4v) is 1.22. The number of hydrogen-bond donors (Lipinski definition) is 1. The Morgan fingerprint density at radius 2 is 2.06 bits per heavy atom. The van der Waals surface area contributed by atoms with Crippen LogP contribution in [0.1, 0.15) is 11.1 Å². The molecule has 4 heteroatoms. The number of ketones is 1. The SMILES string of the molecule is COCc1ccccc1/C=C/C(=O)C(=O)O. The van der Waals surface area contributed by atoms with Gasteiger partial charge in [0.1, 0.15) is 0 Å². The topological polar surface area (TPSA) is 63.6 Å². The lowest BCUT2D eigenvalue weighted by atomic mass is 10.1. The second-order valence-corrected chi connectivity index (χ2v) is 3.13. The van der Waals surface area contributed by atoms with Gasteiger partial charge in [0.2, 0.25) is 0 Å². The number of ether oxygens (including phenoxy) is 1. The van der Waals surface area contributed by atoms with E-state index in [4.69, 9.17) is 9.84 Å². The number of carboxylic acids is 1. The van der Waals surface area contributed by atoms with Gasteiger partial charge in [0, 0.05) is 7.11 Å². The van der Waals surface area contributed by atoms with Crippen molar-refractivity contribution >= 4 is 17.8 Å². The van der Waals surface area contributed by atoms with Crippen LogP contribution in [0.4, 0.5) is 0 Å². The Balaban J connectivity index is 2.87. The summed E-state index contributed by atoms with van der Waals surface area (Å²) in [4.78, 5) is 21.2. The van der Waals surface area contributed by atoms with Gasteiger partial charge >= 0.3 is 5.97 Å². The fraction of sp³-hybridized carbons (Fsp3) is 0.167. The Morgan fingerprint density at radius 1 is 1.38 bits per heavy atom. The smallest absolute Gasteiger partial charge is 0.376 e. The lowest BCUT2D eigenvalue weighted by Gasteiger charge is -2.03. The molecule has 0 saturated carbocycles. The van der Waals surface area contributed by atoms with Crippen molar-refractivity contribution in [2.45, 2.75) is 6.61 Å². The highest BCUT2D eigenvalue weighted by molar-refractivity contribution is 6.38. The molecular formula is C12H12O4. The predicted molar refractivity (Wildman–Crippen MR) is 58.8 cm³/mol. The molecule has 4 nitrogen and oxygen atoms in total. The second-order valence-electron chi connectivity index (χ2n) is 3.13. The van der Waals surface area contributed by atoms with Crippen molar-refractivity contribution in [3.05, 3.63) is 41.5 Å². The predicted octanol–water partition coefficient (Wildman–Crippen LogP) is 1.50. The zero-order chi connectivity index (χ0) is 12.0. The van der Waals surface area contributed by atoms with Crippen molar-refractivity contribution in [3.63, 3.8) is 0 Å². The first-order chi connectivity index (χ1) is 7.65. The van der Waals surface area contributed by atoms with Crippen LogP contribution in [0, 0.1) is 0 Å². The molecule has 0 bridgehead atoms. The molecule has 1 rings (SSSR count). The highest BCUT2D eigenvalue weighted by Gasteiger charge is 2.06. The van der Waals surface area contributed by atoms with Crippen LogP contribution in [-0.2, 0) is 20.9 Å². The van der Waals surface area contributed by atoms with Gasteiger partial charge in [-0.3, -0.25) is 4.79 Å². The Kier molecular flexibility index (Phi) is 4.42. The highest BCUT2D eigenvalue weighted by atomic mass is 16.5. The molecule has 0 aliphatic heterocycles. The fourth-order valence-electron chi connectivity index (χ4n) is 1.22. The molecule has 0 fully saturated rings. The van der Waals surface area contributed by atoms with E-state index in [-0.39, 0.29) is 0 Å². The first-order valence-corrected chi connectivity index (χ1v) is 4.67. The molecule has 0 unspecified atom stereocenters. The Bertz CT molecular complexity index is 421. The van der Waals surface area contributed by atoms with Gasteiger partial charge < -0.3 is 9.84 Å². The molecule has 1 aromatic carbocycles. The van der Waals surface area contributed by atoms with Crippen molar-refractivity contribution in [2.24, 2.45) is 0 Å². The minimum Gasteiger partial charge on any atom is -0.475 e. The van der Waals surface area contributed by atoms with Gasteiger partial charge in [0.25, 0.3) is 5.78 Å². The first kappa shape index (κ1) is 12.1. The number of carbonyl (C=O) groups is 2. The number of rotatable bonds is 5. The number of carboxylic acid groups (broad SMARTS) is 1. The highest BCUT2D eigenvalue weighted by Crippen LogP contribution is 2.11. The summed E-state index contributed by atoms with van der Waals surface area (Å²) in [6.45, 7) is 0.418. The third-order valence-corrected chi connectivity index (χ3v) is 1.98. The van der Waals surface area contributed by atoms with E-state index in [1.54, 1.807) is 13.2 Å². The standard InChI is InChI=1S/C12H12O4/c1-16-8-10-5-3-2-4-9(10)6-7-11(13)12(14)15/h2-7H,8H2,1H3,(H,14,15)/b7-6+. The van der Waals surface area contributed by atoms with Gasteiger partial charge in [-0.2, -0.15) is 0 Å². The van der Waals surface area contributed by atoms with Crippen LogP contribution in [0.2, 0.25) is 0 Å². The third-order valence-electron chi connectivity index (χ3n) is 1.98. The molecule has 0 saturated heterocycles. The van der Waals surface area contributed by atoms with E-state index in [1.165, 1.54) is 6.08 Å². The number of carbonyl (C=O) groups excluding carboxylic acids is 1. The Morgan fingerprint density at radius 3 is 2.69 bits per heavy atom. The van der Waals surface area contributed by atoms with Crippen LogP contribution in [0.25, 0.3) is 6.08 Å². The maximum Gasteiger partial charge on any atom is 0.376 e. The van der Waals surface area contributed by atoms with E-state index in [1.807, 2.05) is 18.2 Å². The van der Waals surface area contributed by atoms with E-state index in [2.05, 4.69) is 0 Å². The number of hydrogen-bond acceptors (Lipinski definition) is 3. The van der Waals surface area contributed by atoms with Crippen LogP contribution in [0.5, 0.6) is 0 Å². The number of aliphatic carboxylic acids is 1. The molecule has 84 valence electrons. The van der Waals surface area contributed by atoms with Gasteiger partial charge in [0.15, 0.2) is 0 Å². The zero-order valence-electron chi connectivity index (χ0n) is 8.84. The van der Waals surface area contributed by atoms with Crippen molar-refractivity contribution in [1.82, 2.24) is 0 Å². The first-order valence-electron chi connectivity index (χ1n) is 4.67. The molecule has 0 aromatic heterocycles. The quantitative estimate of drug-likeness (QED) is 0.603. The third kappa shape index (κ3) is 3.33. The van der Waals surface area contributed by atoms with E-state index >= 15 is 0 Å². The van der Waals surface area contributed by atoms with E-state index in [9.17, 15) is 9.59 Å². The lowest BCUT2D eigenvalue weighted by molar-refractivity contribution is -0.146. The van der Waals surface area contributed by atoms with Crippen molar-refractivity contribution in [1.29, 1.82) is 0 Å². The van der Waals surface area contributed by atoms with Gasteiger partial charge in [-0.05, 0) is 17.2 Å². The summed E-state index contributed by atoms with van der Waals surface area (Å²) in [6, 6.07) is 7.31. The summed E-state index contributed by atoms with van der Waals surface area (Å²) < 4.78 is 4.99. The normalized spacial score (nSPS) is 10.6. The van der Waals surface area contributed by atoms with Crippen LogP contribution in [0.15, 0.2) is 30.3 Å². The maximum atomic E-state index is 10.9. The second kappa shape index (κ2) is 5.82. The Labute approximate surface area is 93.2 Å². The molecular weight excluding hydrogens is 208 g/mol. The molecule has 0 aliphatic carbocycles. The minimum atomic E-state index is -1.46.